The average molecular weight is 578 g/mol. The topological polar surface area (TPSA) is 108 Å². The van der Waals surface area contributed by atoms with Crippen LogP contribution < -0.4 is 4.90 Å². The predicted octanol–water partition coefficient (Wildman–Crippen LogP) is 4.02. The van der Waals surface area contributed by atoms with E-state index in [9.17, 15) is 19.2 Å². The molecule has 0 aliphatic carbocycles. The zero-order chi connectivity index (χ0) is 28.2. The number of ether oxygens (including phenoxy) is 4. The fourth-order valence-electron chi connectivity index (χ4n) is 4.58. The van der Waals surface area contributed by atoms with Gasteiger partial charge in [0, 0.05) is 28.8 Å². The summed E-state index contributed by atoms with van der Waals surface area (Å²) in [6.07, 6.45) is 0. The molecule has 12 heteroatoms. The van der Waals surface area contributed by atoms with Crippen LogP contribution in [0.3, 0.4) is 0 Å². The van der Waals surface area contributed by atoms with Gasteiger partial charge in [0.25, 0.3) is 0 Å². The summed E-state index contributed by atoms with van der Waals surface area (Å²) in [6, 6.07) is 5.97. The van der Waals surface area contributed by atoms with Crippen molar-refractivity contribution in [1.82, 2.24) is 0 Å². The molecule has 0 bridgehead atoms. The first-order valence-corrected chi connectivity index (χ1v) is 13.8. The van der Waals surface area contributed by atoms with Gasteiger partial charge in [-0.25, -0.2) is 19.2 Å². The van der Waals surface area contributed by atoms with Crippen LogP contribution in [0.15, 0.2) is 43.4 Å². The van der Waals surface area contributed by atoms with Crippen LogP contribution in [0.4, 0.5) is 5.69 Å². The molecule has 1 aromatic carbocycles. The lowest BCUT2D eigenvalue weighted by molar-refractivity contribution is -0.138. The minimum atomic E-state index is -1.47. The Bertz CT molecular complexity index is 1350. The average Bonchev–Trinajstić information content (AvgIpc) is 3.29. The second-order valence-electron chi connectivity index (χ2n) is 9.09. The lowest BCUT2D eigenvalue weighted by Crippen LogP contribution is -2.49. The van der Waals surface area contributed by atoms with E-state index in [0.717, 1.165) is 57.0 Å². The first-order chi connectivity index (χ1) is 17.9. The Hall–Kier alpha value is -2.83. The van der Waals surface area contributed by atoms with E-state index in [1.165, 1.54) is 28.4 Å². The monoisotopic (exact) mass is 577 g/mol. The number of methoxy groups -OCH3 is 4. The van der Waals surface area contributed by atoms with E-state index >= 15 is 0 Å². The number of hydrogen-bond donors (Lipinski definition) is 0. The van der Waals surface area contributed by atoms with Gasteiger partial charge in [0.1, 0.15) is 18.8 Å². The standard InChI is InChI=1S/C26H27NO8S3/c1-12-9-10-14-13(11-12)15-20(25(2,3)27(14)4)36-17(22(29)33-6)16(21(28)32-5)26(15)37-18(23(30)34-7)19(38-26)24(31)35-8/h9-11H,1-8H3. The summed E-state index contributed by atoms with van der Waals surface area (Å²) in [7, 11) is 6.80. The van der Waals surface area contributed by atoms with E-state index in [4.69, 9.17) is 18.9 Å². The number of thioether (sulfide) groups is 3. The third kappa shape index (κ3) is 4.04. The number of hydrogen-bond acceptors (Lipinski definition) is 12. The highest BCUT2D eigenvalue weighted by molar-refractivity contribution is 8.26. The molecule has 3 aliphatic heterocycles. The zero-order valence-electron chi connectivity index (χ0n) is 22.2. The summed E-state index contributed by atoms with van der Waals surface area (Å²) in [5, 5.41) is 0. The Morgan fingerprint density at radius 1 is 0.789 bits per heavy atom. The van der Waals surface area contributed by atoms with Crippen molar-refractivity contribution in [3.8, 4) is 0 Å². The van der Waals surface area contributed by atoms with Gasteiger partial charge < -0.3 is 23.8 Å². The molecule has 1 spiro atoms. The van der Waals surface area contributed by atoms with E-state index in [0.29, 0.717) is 5.57 Å². The van der Waals surface area contributed by atoms with Crippen LogP contribution in [0.25, 0.3) is 5.57 Å². The fraction of sp³-hybridized carbons (Fsp3) is 0.385. The fourth-order valence-corrected chi connectivity index (χ4v) is 9.68. The Balaban J connectivity index is 2.16. The first kappa shape index (κ1) is 28.2. The highest BCUT2D eigenvalue weighted by Crippen LogP contribution is 2.71. The molecule has 4 rings (SSSR count). The number of esters is 4. The minimum absolute atomic E-state index is 0.0195. The zero-order valence-corrected chi connectivity index (χ0v) is 24.6. The lowest BCUT2D eigenvalue weighted by Gasteiger charge is -2.50. The maximum Gasteiger partial charge on any atom is 0.345 e. The Labute approximate surface area is 233 Å². The van der Waals surface area contributed by atoms with E-state index < -0.39 is 33.5 Å². The molecule has 0 unspecified atom stereocenters. The van der Waals surface area contributed by atoms with Gasteiger partial charge in [-0.3, -0.25) is 0 Å². The predicted molar refractivity (Wildman–Crippen MR) is 148 cm³/mol. The molecule has 0 saturated heterocycles. The molecular weight excluding hydrogens is 550 g/mol. The summed E-state index contributed by atoms with van der Waals surface area (Å²) in [5.41, 5.74) is 2.66. The number of anilines is 1. The van der Waals surface area contributed by atoms with Crippen LogP contribution in [0.5, 0.6) is 0 Å². The van der Waals surface area contributed by atoms with Gasteiger partial charge in [0.15, 0.2) is 0 Å². The molecule has 0 amide bonds. The second kappa shape index (κ2) is 10.0. The smallest absolute Gasteiger partial charge is 0.345 e. The SMILES string of the molecule is COC(=O)C1=C(C(=O)OC)SC2(S1)C(C(=O)OC)=C(C(=O)OC)SC1=C2c2cc(C)ccc2N(C)C1(C)C. The van der Waals surface area contributed by atoms with Gasteiger partial charge in [-0.05, 0) is 32.9 Å². The van der Waals surface area contributed by atoms with E-state index in [-0.39, 0.29) is 20.3 Å². The molecule has 3 aliphatic rings. The lowest BCUT2D eigenvalue weighted by atomic mass is 9.83. The summed E-state index contributed by atoms with van der Waals surface area (Å²) in [4.78, 5) is 55.4. The minimum Gasteiger partial charge on any atom is -0.466 e. The van der Waals surface area contributed by atoms with Crippen molar-refractivity contribution in [2.45, 2.75) is 30.4 Å². The van der Waals surface area contributed by atoms with Crippen LogP contribution in [-0.2, 0) is 38.1 Å². The summed E-state index contributed by atoms with van der Waals surface area (Å²) >= 11 is 3.08. The molecule has 0 atom stereocenters. The van der Waals surface area contributed by atoms with Crippen LogP contribution in [0.2, 0.25) is 0 Å². The molecule has 9 nitrogen and oxygen atoms in total. The molecular formula is C26H27NO8S3. The Morgan fingerprint density at radius 2 is 1.29 bits per heavy atom. The number of likely N-dealkylation sites (N-methyl/N-ethyl adjacent to an activating group) is 1. The highest BCUT2D eigenvalue weighted by atomic mass is 32.2. The molecule has 0 fully saturated rings. The van der Waals surface area contributed by atoms with E-state index in [1.54, 1.807) is 0 Å². The number of carbonyl (C=O) groups is 4. The molecule has 0 radical (unpaired) electrons. The molecule has 202 valence electrons. The van der Waals surface area contributed by atoms with E-state index in [2.05, 4.69) is 4.90 Å². The van der Waals surface area contributed by atoms with Gasteiger partial charge in [0.2, 0.25) is 0 Å². The molecule has 0 N–H and O–H groups in total. The Kier molecular flexibility index (Phi) is 7.45. The van der Waals surface area contributed by atoms with E-state index in [1.807, 2.05) is 46.0 Å². The number of benzene rings is 1. The van der Waals surface area contributed by atoms with Crippen LogP contribution in [-0.4, -0.2) is 69.0 Å². The number of nitrogens with zero attached hydrogens (tertiary/aromatic N) is 1. The number of rotatable bonds is 4. The van der Waals surface area contributed by atoms with Crippen molar-refractivity contribution in [3.63, 3.8) is 0 Å². The largest absolute Gasteiger partial charge is 0.466 e. The number of aryl methyl sites for hydroxylation is 1. The van der Waals surface area contributed by atoms with Gasteiger partial charge in [0.05, 0.1) is 39.6 Å². The van der Waals surface area contributed by atoms with Crippen LogP contribution in [0, 0.1) is 6.92 Å². The van der Waals surface area contributed by atoms with Gasteiger partial charge >= 0.3 is 23.9 Å². The first-order valence-electron chi connectivity index (χ1n) is 11.4. The van der Waals surface area contributed by atoms with Gasteiger partial charge in [-0.2, -0.15) is 0 Å². The quantitative estimate of drug-likeness (QED) is 0.381. The van der Waals surface area contributed by atoms with Crippen molar-refractivity contribution in [1.29, 1.82) is 0 Å². The number of carbonyl (C=O) groups excluding carboxylic acids is 4. The van der Waals surface area contributed by atoms with Gasteiger partial charge in [-0.15, -0.1) is 0 Å². The maximum atomic E-state index is 13.5. The number of fused-ring (bicyclic) bond motifs is 3. The third-order valence-electron chi connectivity index (χ3n) is 6.69. The van der Waals surface area contributed by atoms with Crippen molar-refractivity contribution in [2.24, 2.45) is 0 Å². The molecule has 0 saturated carbocycles. The van der Waals surface area contributed by atoms with Crippen molar-refractivity contribution in [2.75, 3.05) is 40.4 Å². The van der Waals surface area contributed by atoms with Crippen molar-refractivity contribution < 1.29 is 38.1 Å². The van der Waals surface area contributed by atoms with Crippen LogP contribution >= 0.6 is 35.3 Å². The third-order valence-corrected chi connectivity index (χ3v) is 11.3. The second-order valence-corrected chi connectivity index (χ2v) is 12.8. The van der Waals surface area contributed by atoms with Crippen molar-refractivity contribution >= 4 is 70.4 Å². The highest BCUT2D eigenvalue weighted by Gasteiger charge is 2.61. The van der Waals surface area contributed by atoms with Gasteiger partial charge in [-0.1, -0.05) is 46.9 Å². The maximum absolute atomic E-state index is 13.5. The summed E-state index contributed by atoms with van der Waals surface area (Å²) in [6.45, 7) is 5.96. The molecule has 3 heterocycles. The van der Waals surface area contributed by atoms with Crippen LogP contribution in [0.1, 0.15) is 25.0 Å². The van der Waals surface area contributed by atoms with Crippen molar-refractivity contribution in [3.05, 3.63) is 54.5 Å². The summed E-state index contributed by atoms with van der Waals surface area (Å²) in [5.74, 6) is -3.05. The molecule has 38 heavy (non-hydrogen) atoms. The Morgan fingerprint density at radius 3 is 1.79 bits per heavy atom. The summed E-state index contributed by atoms with van der Waals surface area (Å²) < 4.78 is 18.8. The molecule has 0 aromatic heterocycles. The normalized spacial score (nSPS) is 19.2. The molecule has 1 aromatic rings.